The molecule has 0 saturated heterocycles. The molecule has 1 aromatic rings. The first-order valence-corrected chi connectivity index (χ1v) is 6.57. The second kappa shape index (κ2) is 8.28. The van der Waals surface area contributed by atoms with E-state index in [4.69, 9.17) is 5.11 Å². The molecular weight excluding hydrogens is 287 g/mol. The number of unbranched alkanes of at least 4 members (excludes halogenated alkanes) is 3. The Kier molecular flexibility index (Phi) is 6.71. The van der Waals surface area contributed by atoms with Crippen molar-refractivity contribution in [2.24, 2.45) is 0 Å². The molecule has 0 spiro atoms. The molecule has 0 aliphatic carbocycles. The van der Waals surface area contributed by atoms with E-state index in [1.807, 2.05) is 0 Å². The van der Waals surface area contributed by atoms with E-state index in [1.165, 1.54) is 0 Å². The lowest BCUT2D eigenvalue weighted by atomic mass is 10.1. The molecule has 2 N–H and O–H groups in total. The average Bonchev–Trinajstić information content (AvgIpc) is 2.43. The molecule has 7 heteroatoms. The SMILES string of the molecule is O=C(O)CCCCCCNC(=O)c1ccc(F)c(F)c1F. The van der Waals surface area contributed by atoms with Gasteiger partial charge in [-0.15, -0.1) is 0 Å². The minimum absolute atomic E-state index is 0.104. The molecule has 1 amide bonds. The maximum atomic E-state index is 13.3. The Balaban J connectivity index is 2.32. The van der Waals surface area contributed by atoms with E-state index in [2.05, 4.69) is 5.32 Å². The first kappa shape index (κ1) is 17.0. The van der Waals surface area contributed by atoms with Crippen LogP contribution in [0.5, 0.6) is 0 Å². The van der Waals surface area contributed by atoms with Crippen molar-refractivity contribution in [2.45, 2.75) is 32.1 Å². The maximum absolute atomic E-state index is 13.3. The highest BCUT2D eigenvalue weighted by Crippen LogP contribution is 2.15. The van der Waals surface area contributed by atoms with Gasteiger partial charge in [-0.05, 0) is 25.0 Å². The van der Waals surface area contributed by atoms with E-state index in [0.717, 1.165) is 6.07 Å². The fourth-order valence-electron chi connectivity index (χ4n) is 1.75. The average molecular weight is 303 g/mol. The van der Waals surface area contributed by atoms with Gasteiger partial charge in [0, 0.05) is 13.0 Å². The third kappa shape index (κ3) is 5.45. The van der Waals surface area contributed by atoms with Gasteiger partial charge in [-0.3, -0.25) is 9.59 Å². The second-order valence-electron chi connectivity index (χ2n) is 4.54. The highest BCUT2D eigenvalue weighted by Gasteiger charge is 2.18. The van der Waals surface area contributed by atoms with Crippen LogP contribution in [0.4, 0.5) is 13.2 Å². The number of rotatable bonds is 8. The van der Waals surface area contributed by atoms with Crippen LogP contribution in [-0.4, -0.2) is 23.5 Å². The first-order valence-electron chi connectivity index (χ1n) is 6.57. The summed E-state index contributed by atoms with van der Waals surface area (Å²) in [4.78, 5) is 21.9. The van der Waals surface area contributed by atoms with Gasteiger partial charge in [-0.2, -0.15) is 0 Å². The standard InChI is InChI=1S/C14H16F3NO3/c15-10-7-6-9(12(16)13(10)17)14(21)18-8-4-2-1-3-5-11(19)20/h6-7H,1-5,8H2,(H,18,21)(H,19,20). The van der Waals surface area contributed by atoms with Crippen LogP contribution in [0, 0.1) is 17.5 Å². The van der Waals surface area contributed by atoms with Crippen molar-refractivity contribution in [2.75, 3.05) is 6.54 Å². The number of benzene rings is 1. The Labute approximate surface area is 120 Å². The van der Waals surface area contributed by atoms with Gasteiger partial charge in [0.15, 0.2) is 17.5 Å². The lowest BCUT2D eigenvalue weighted by Gasteiger charge is -2.06. The minimum Gasteiger partial charge on any atom is -0.481 e. The Morgan fingerprint density at radius 2 is 1.67 bits per heavy atom. The number of carbonyl (C=O) groups excluding carboxylic acids is 1. The van der Waals surface area contributed by atoms with Crippen LogP contribution in [0.3, 0.4) is 0 Å². The zero-order valence-corrected chi connectivity index (χ0v) is 11.3. The number of amides is 1. The Morgan fingerprint density at radius 1 is 1.00 bits per heavy atom. The molecule has 1 aromatic carbocycles. The summed E-state index contributed by atoms with van der Waals surface area (Å²) in [6.45, 7) is 0.254. The third-order valence-corrected chi connectivity index (χ3v) is 2.88. The normalized spacial score (nSPS) is 10.4. The monoisotopic (exact) mass is 303 g/mol. The molecule has 0 unspecified atom stereocenters. The van der Waals surface area contributed by atoms with Gasteiger partial charge in [-0.25, -0.2) is 13.2 Å². The first-order chi connectivity index (χ1) is 9.93. The molecule has 1 rings (SSSR count). The van der Waals surface area contributed by atoms with Crippen molar-refractivity contribution in [3.63, 3.8) is 0 Å². The molecule has 0 aliphatic rings. The fourth-order valence-corrected chi connectivity index (χ4v) is 1.75. The molecule has 0 heterocycles. The van der Waals surface area contributed by atoms with Crippen molar-refractivity contribution in [3.8, 4) is 0 Å². The Bertz CT molecular complexity index is 520. The van der Waals surface area contributed by atoms with Gasteiger partial charge in [0.25, 0.3) is 5.91 Å². The van der Waals surface area contributed by atoms with Crippen LogP contribution in [-0.2, 0) is 4.79 Å². The summed E-state index contributed by atoms with van der Waals surface area (Å²) < 4.78 is 39.0. The van der Waals surface area contributed by atoms with E-state index in [9.17, 15) is 22.8 Å². The largest absolute Gasteiger partial charge is 0.481 e. The summed E-state index contributed by atoms with van der Waals surface area (Å²) in [6.07, 6.45) is 2.68. The lowest BCUT2D eigenvalue weighted by Crippen LogP contribution is -2.25. The van der Waals surface area contributed by atoms with Gasteiger partial charge in [0.2, 0.25) is 0 Å². The molecule has 21 heavy (non-hydrogen) atoms. The summed E-state index contributed by atoms with van der Waals surface area (Å²) in [7, 11) is 0. The molecule has 116 valence electrons. The number of aliphatic carboxylic acids is 1. The Morgan fingerprint density at radius 3 is 2.33 bits per heavy atom. The molecule has 0 bridgehead atoms. The summed E-state index contributed by atoms with van der Waals surface area (Å²) in [6, 6.07) is 1.58. The van der Waals surface area contributed by atoms with Gasteiger partial charge in [0.1, 0.15) is 0 Å². The molecule has 0 aliphatic heterocycles. The highest BCUT2D eigenvalue weighted by atomic mass is 19.2. The van der Waals surface area contributed by atoms with Crippen molar-refractivity contribution in [3.05, 3.63) is 35.1 Å². The number of carbonyl (C=O) groups is 2. The summed E-state index contributed by atoms with van der Waals surface area (Å²) >= 11 is 0. The van der Waals surface area contributed by atoms with Crippen LogP contribution in [0.15, 0.2) is 12.1 Å². The number of nitrogens with one attached hydrogen (secondary N) is 1. The van der Waals surface area contributed by atoms with Crippen molar-refractivity contribution < 1.29 is 27.9 Å². The van der Waals surface area contributed by atoms with Crippen LogP contribution in [0.1, 0.15) is 42.5 Å². The Hall–Kier alpha value is -2.05. The predicted molar refractivity (Wildman–Crippen MR) is 69.4 cm³/mol. The van der Waals surface area contributed by atoms with E-state index in [0.29, 0.717) is 31.7 Å². The third-order valence-electron chi connectivity index (χ3n) is 2.88. The zero-order valence-electron chi connectivity index (χ0n) is 11.3. The minimum atomic E-state index is -1.67. The van der Waals surface area contributed by atoms with Crippen LogP contribution in [0.2, 0.25) is 0 Å². The van der Waals surface area contributed by atoms with E-state index < -0.39 is 34.9 Å². The second-order valence-corrected chi connectivity index (χ2v) is 4.54. The quantitative estimate of drug-likeness (QED) is 0.573. The summed E-state index contributed by atoms with van der Waals surface area (Å²) in [5, 5.41) is 10.8. The van der Waals surface area contributed by atoms with Gasteiger partial charge in [-0.1, -0.05) is 12.8 Å². The maximum Gasteiger partial charge on any atom is 0.303 e. The number of hydrogen-bond donors (Lipinski definition) is 2. The van der Waals surface area contributed by atoms with Crippen LogP contribution >= 0.6 is 0 Å². The molecule has 4 nitrogen and oxygen atoms in total. The highest BCUT2D eigenvalue weighted by molar-refractivity contribution is 5.94. The molecule has 0 saturated carbocycles. The predicted octanol–water partition coefficient (Wildman–Crippen LogP) is 2.87. The fraction of sp³-hybridized carbons (Fsp3) is 0.429. The molecular formula is C14H16F3NO3. The molecule has 0 radical (unpaired) electrons. The van der Waals surface area contributed by atoms with Gasteiger partial charge in [0.05, 0.1) is 5.56 Å². The van der Waals surface area contributed by atoms with Gasteiger partial charge < -0.3 is 10.4 Å². The summed E-state index contributed by atoms with van der Waals surface area (Å²) in [5.74, 6) is -6.18. The van der Waals surface area contributed by atoms with E-state index >= 15 is 0 Å². The van der Waals surface area contributed by atoms with Crippen molar-refractivity contribution >= 4 is 11.9 Å². The molecule has 0 fully saturated rings. The number of hydrogen-bond acceptors (Lipinski definition) is 2. The zero-order chi connectivity index (χ0) is 15.8. The molecule has 0 aromatic heterocycles. The summed E-state index contributed by atoms with van der Waals surface area (Å²) in [5.41, 5.74) is -0.542. The van der Waals surface area contributed by atoms with Crippen LogP contribution in [0.25, 0.3) is 0 Å². The number of carboxylic acid groups (broad SMARTS) is 1. The van der Waals surface area contributed by atoms with Crippen molar-refractivity contribution in [1.82, 2.24) is 5.32 Å². The van der Waals surface area contributed by atoms with Gasteiger partial charge >= 0.3 is 5.97 Å². The number of halogens is 3. The van der Waals surface area contributed by atoms with E-state index in [-0.39, 0.29) is 13.0 Å². The van der Waals surface area contributed by atoms with Crippen LogP contribution < -0.4 is 5.32 Å². The van der Waals surface area contributed by atoms with E-state index in [1.54, 1.807) is 0 Å². The lowest BCUT2D eigenvalue weighted by molar-refractivity contribution is -0.137. The van der Waals surface area contributed by atoms with Crippen molar-refractivity contribution in [1.29, 1.82) is 0 Å². The number of carboxylic acids is 1. The topological polar surface area (TPSA) is 66.4 Å². The smallest absolute Gasteiger partial charge is 0.303 e. The molecule has 0 atom stereocenters.